The van der Waals surface area contributed by atoms with E-state index in [4.69, 9.17) is 10.2 Å². The van der Waals surface area contributed by atoms with Crippen LogP contribution in [0.1, 0.15) is 31.9 Å². The lowest BCUT2D eigenvalue weighted by atomic mass is 10.2. The molecule has 3 N–H and O–H groups in total. The molecular formula is C14H25N3O2. The van der Waals surface area contributed by atoms with Crippen LogP contribution in [0.3, 0.4) is 0 Å². The van der Waals surface area contributed by atoms with E-state index in [0.29, 0.717) is 6.54 Å². The Labute approximate surface area is 115 Å². The highest BCUT2D eigenvalue weighted by Gasteiger charge is 2.17. The van der Waals surface area contributed by atoms with Gasteiger partial charge in [-0.15, -0.1) is 0 Å². The van der Waals surface area contributed by atoms with E-state index in [2.05, 4.69) is 10.2 Å². The molecule has 1 unspecified atom stereocenters. The van der Waals surface area contributed by atoms with Gasteiger partial charge in [-0.05, 0) is 52.0 Å². The maximum atomic E-state index is 12.0. The number of likely N-dealkylation sites (N-methyl/N-ethyl adjacent to an activating group) is 1. The molecule has 0 aliphatic heterocycles. The van der Waals surface area contributed by atoms with Gasteiger partial charge < -0.3 is 15.5 Å². The molecule has 0 aliphatic rings. The van der Waals surface area contributed by atoms with Crippen LogP contribution in [0, 0.1) is 0 Å². The lowest BCUT2D eigenvalue weighted by Crippen LogP contribution is -2.43. The molecule has 0 spiro atoms. The van der Waals surface area contributed by atoms with Crippen LogP contribution in [0.15, 0.2) is 22.8 Å². The van der Waals surface area contributed by atoms with Crippen LogP contribution >= 0.6 is 0 Å². The minimum Gasteiger partial charge on any atom is -0.467 e. The number of unbranched alkanes of at least 4 members (excludes halogenated alkanes) is 2. The highest BCUT2D eigenvalue weighted by molar-refractivity contribution is 5.81. The summed E-state index contributed by atoms with van der Waals surface area (Å²) >= 11 is 0. The SMILES string of the molecule is CC(C(=O)NCc1ccco1)N(C)CCCCCN. The number of rotatable bonds is 9. The van der Waals surface area contributed by atoms with Crippen LogP contribution in [0.2, 0.25) is 0 Å². The lowest BCUT2D eigenvalue weighted by molar-refractivity contribution is -0.125. The van der Waals surface area contributed by atoms with Gasteiger partial charge >= 0.3 is 0 Å². The molecule has 1 aromatic heterocycles. The molecule has 1 amide bonds. The topological polar surface area (TPSA) is 71.5 Å². The zero-order chi connectivity index (χ0) is 14.1. The third kappa shape index (κ3) is 5.89. The van der Waals surface area contributed by atoms with Crippen molar-refractivity contribution in [2.45, 2.75) is 38.8 Å². The fourth-order valence-corrected chi connectivity index (χ4v) is 1.81. The van der Waals surface area contributed by atoms with E-state index in [1.54, 1.807) is 6.26 Å². The standard InChI is InChI=1S/C14H25N3O2/c1-12(17(2)9-5-3-4-8-15)14(18)16-11-13-7-6-10-19-13/h6-7,10,12H,3-5,8-9,11,15H2,1-2H3,(H,16,18). The molecule has 5 nitrogen and oxygen atoms in total. The second kappa shape index (κ2) is 8.72. The number of hydrogen-bond acceptors (Lipinski definition) is 4. The molecule has 1 atom stereocenters. The Hall–Kier alpha value is -1.33. The van der Waals surface area contributed by atoms with Gasteiger partial charge in [-0.1, -0.05) is 6.42 Å². The summed E-state index contributed by atoms with van der Waals surface area (Å²) < 4.78 is 5.18. The number of amides is 1. The van der Waals surface area contributed by atoms with Gasteiger partial charge in [-0.3, -0.25) is 9.69 Å². The summed E-state index contributed by atoms with van der Waals surface area (Å²) in [7, 11) is 1.97. The van der Waals surface area contributed by atoms with Crippen molar-refractivity contribution in [1.29, 1.82) is 0 Å². The van der Waals surface area contributed by atoms with Crippen LogP contribution in [-0.4, -0.2) is 37.0 Å². The first-order chi connectivity index (χ1) is 9.15. The van der Waals surface area contributed by atoms with E-state index in [1.807, 2.05) is 26.1 Å². The molecule has 108 valence electrons. The molecule has 0 fully saturated rings. The van der Waals surface area contributed by atoms with Gasteiger partial charge in [0.05, 0.1) is 18.8 Å². The molecule has 0 aliphatic carbocycles. The molecule has 1 aromatic rings. The van der Waals surface area contributed by atoms with Gasteiger partial charge in [0.1, 0.15) is 5.76 Å². The number of furan rings is 1. The minimum atomic E-state index is -0.132. The third-order valence-corrected chi connectivity index (χ3v) is 3.27. The van der Waals surface area contributed by atoms with E-state index in [-0.39, 0.29) is 11.9 Å². The summed E-state index contributed by atoms with van der Waals surface area (Å²) in [5, 5.41) is 2.87. The predicted molar refractivity (Wildman–Crippen MR) is 75.6 cm³/mol. The smallest absolute Gasteiger partial charge is 0.237 e. The number of hydrogen-bond donors (Lipinski definition) is 2. The summed E-state index contributed by atoms with van der Waals surface area (Å²) in [6, 6.07) is 3.53. The normalized spacial score (nSPS) is 12.6. The molecule has 0 saturated heterocycles. The zero-order valence-corrected chi connectivity index (χ0v) is 11.9. The Bertz CT molecular complexity index is 352. The van der Waals surface area contributed by atoms with E-state index >= 15 is 0 Å². The summed E-state index contributed by atoms with van der Waals surface area (Å²) in [6.45, 7) is 4.01. The Balaban J connectivity index is 2.22. The van der Waals surface area contributed by atoms with E-state index in [1.165, 1.54) is 0 Å². The molecule has 0 aromatic carbocycles. The first kappa shape index (κ1) is 15.7. The number of nitrogens with zero attached hydrogens (tertiary/aromatic N) is 1. The van der Waals surface area contributed by atoms with Gasteiger partial charge in [0.15, 0.2) is 0 Å². The maximum Gasteiger partial charge on any atom is 0.237 e. The Morgan fingerprint density at radius 1 is 1.47 bits per heavy atom. The second-order valence-corrected chi connectivity index (χ2v) is 4.80. The highest BCUT2D eigenvalue weighted by atomic mass is 16.3. The van der Waals surface area contributed by atoms with Crippen LogP contribution in [0.4, 0.5) is 0 Å². The molecule has 19 heavy (non-hydrogen) atoms. The Morgan fingerprint density at radius 3 is 2.89 bits per heavy atom. The fraction of sp³-hybridized carbons (Fsp3) is 0.643. The molecule has 0 saturated carbocycles. The summed E-state index contributed by atoms with van der Waals surface area (Å²) in [4.78, 5) is 14.0. The number of nitrogens with one attached hydrogen (secondary N) is 1. The van der Waals surface area contributed by atoms with Crippen molar-refractivity contribution < 1.29 is 9.21 Å². The average molecular weight is 267 g/mol. The van der Waals surface area contributed by atoms with Crippen molar-refractivity contribution in [2.75, 3.05) is 20.1 Å². The monoisotopic (exact) mass is 267 g/mol. The highest BCUT2D eigenvalue weighted by Crippen LogP contribution is 2.03. The summed E-state index contributed by atoms with van der Waals surface area (Å²) in [5.41, 5.74) is 5.45. The maximum absolute atomic E-state index is 12.0. The lowest BCUT2D eigenvalue weighted by Gasteiger charge is -2.23. The molecule has 0 bridgehead atoms. The first-order valence-corrected chi connectivity index (χ1v) is 6.85. The molecule has 0 radical (unpaired) electrons. The Morgan fingerprint density at radius 2 is 2.26 bits per heavy atom. The molecular weight excluding hydrogens is 242 g/mol. The number of nitrogens with two attached hydrogens (primary N) is 1. The van der Waals surface area contributed by atoms with Gasteiger partial charge in [-0.2, -0.15) is 0 Å². The summed E-state index contributed by atoms with van der Waals surface area (Å²) in [6.07, 6.45) is 4.84. The van der Waals surface area contributed by atoms with Crippen LogP contribution in [0.25, 0.3) is 0 Å². The second-order valence-electron chi connectivity index (χ2n) is 4.80. The zero-order valence-electron chi connectivity index (χ0n) is 11.9. The van der Waals surface area contributed by atoms with Crippen molar-refractivity contribution in [1.82, 2.24) is 10.2 Å². The van der Waals surface area contributed by atoms with Crippen LogP contribution < -0.4 is 11.1 Å². The summed E-state index contributed by atoms with van der Waals surface area (Å²) in [5.74, 6) is 0.795. The number of carbonyl (C=O) groups excluding carboxylic acids is 1. The van der Waals surface area contributed by atoms with Crippen molar-refractivity contribution in [2.24, 2.45) is 5.73 Å². The minimum absolute atomic E-state index is 0.0257. The number of carbonyl (C=O) groups is 1. The Kier molecular flexibility index (Phi) is 7.22. The molecule has 1 rings (SSSR count). The van der Waals surface area contributed by atoms with E-state index in [0.717, 1.165) is 38.1 Å². The van der Waals surface area contributed by atoms with Gasteiger partial charge in [0.25, 0.3) is 0 Å². The van der Waals surface area contributed by atoms with Crippen molar-refractivity contribution in [3.63, 3.8) is 0 Å². The van der Waals surface area contributed by atoms with Crippen molar-refractivity contribution >= 4 is 5.91 Å². The largest absolute Gasteiger partial charge is 0.467 e. The van der Waals surface area contributed by atoms with Crippen LogP contribution in [-0.2, 0) is 11.3 Å². The molecule has 1 heterocycles. The van der Waals surface area contributed by atoms with Gasteiger partial charge in [0.2, 0.25) is 5.91 Å². The van der Waals surface area contributed by atoms with Gasteiger partial charge in [-0.25, -0.2) is 0 Å². The van der Waals surface area contributed by atoms with Crippen molar-refractivity contribution in [3.8, 4) is 0 Å². The third-order valence-electron chi connectivity index (χ3n) is 3.27. The first-order valence-electron chi connectivity index (χ1n) is 6.85. The van der Waals surface area contributed by atoms with E-state index < -0.39 is 0 Å². The average Bonchev–Trinajstić information content (AvgIpc) is 2.93. The fourth-order valence-electron chi connectivity index (χ4n) is 1.81. The van der Waals surface area contributed by atoms with Crippen molar-refractivity contribution in [3.05, 3.63) is 24.2 Å². The van der Waals surface area contributed by atoms with Crippen LogP contribution in [0.5, 0.6) is 0 Å². The molecule has 5 heteroatoms. The van der Waals surface area contributed by atoms with Gasteiger partial charge in [0, 0.05) is 0 Å². The van der Waals surface area contributed by atoms with E-state index in [9.17, 15) is 4.79 Å². The quantitative estimate of drug-likeness (QED) is 0.662. The predicted octanol–water partition coefficient (Wildman–Crippen LogP) is 1.35.